The van der Waals surface area contributed by atoms with Crippen molar-refractivity contribution < 1.29 is 0 Å². The summed E-state index contributed by atoms with van der Waals surface area (Å²) in [7, 11) is 0. The average molecular weight is 294 g/mol. The lowest BCUT2D eigenvalue weighted by Gasteiger charge is -2.19. The molecule has 4 N–H and O–H groups in total. The van der Waals surface area contributed by atoms with Crippen LogP contribution >= 0.6 is 0 Å². The molecular formula is C18H22N4. The Hall–Kier alpha value is -2.62. The Morgan fingerprint density at radius 3 is 2.23 bits per heavy atom. The van der Waals surface area contributed by atoms with Gasteiger partial charge in [-0.2, -0.15) is 5.10 Å². The zero-order chi connectivity index (χ0) is 16.2. The topological polar surface area (TPSA) is 76.8 Å². The van der Waals surface area contributed by atoms with Crippen molar-refractivity contribution in [2.45, 2.75) is 26.2 Å². The molecule has 4 heteroatoms. The summed E-state index contributed by atoms with van der Waals surface area (Å²) in [6.07, 6.45) is 1.63. The number of rotatable bonds is 3. The highest BCUT2D eigenvalue weighted by Crippen LogP contribution is 2.26. The SMILES string of the molecule is CC(C)(C)c1ccc(-c2cccc(C=NN=C(N)N)c2)cc1. The number of nitrogens with two attached hydrogens (primary N) is 2. The Labute approximate surface area is 131 Å². The van der Waals surface area contributed by atoms with E-state index in [1.54, 1.807) is 6.21 Å². The van der Waals surface area contributed by atoms with Crippen LogP contribution in [0, 0.1) is 0 Å². The van der Waals surface area contributed by atoms with Crippen LogP contribution in [0.2, 0.25) is 0 Å². The second-order valence-electron chi connectivity index (χ2n) is 6.22. The molecule has 2 aromatic carbocycles. The third-order valence-electron chi connectivity index (χ3n) is 3.35. The molecule has 0 aliphatic rings. The van der Waals surface area contributed by atoms with E-state index in [4.69, 9.17) is 11.5 Å². The lowest BCUT2D eigenvalue weighted by Crippen LogP contribution is -2.21. The van der Waals surface area contributed by atoms with Gasteiger partial charge in [0.25, 0.3) is 0 Å². The highest BCUT2D eigenvalue weighted by molar-refractivity contribution is 5.83. The first kappa shape index (κ1) is 15.8. The van der Waals surface area contributed by atoms with Gasteiger partial charge >= 0.3 is 0 Å². The molecule has 0 aromatic heterocycles. The van der Waals surface area contributed by atoms with Crippen molar-refractivity contribution in [3.8, 4) is 11.1 Å². The van der Waals surface area contributed by atoms with Crippen LogP contribution in [-0.2, 0) is 5.41 Å². The van der Waals surface area contributed by atoms with E-state index in [1.807, 2.05) is 12.1 Å². The molecule has 0 bridgehead atoms. The minimum absolute atomic E-state index is 0.0508. The van der Waals surface area contributed by atoms with Crippen molar-refractivity contribution in [3.63, 3.8) is 0 Å². The maximum Gasteiger partial charge on any atom is 0.211 e. The van der Waals surface area contributed by atoms with Crippen molar-refractivity contribution in [3.05, 3.63) is 59.7 Å². The van der Waals surface area contributed by atoms with Crippen LogP contribution in [0.25, 0.3) is 11.1 Å². The average Bonchev–Trinajstić information content (AvgIpc) is 2.46. The smallest absolute Gasteiger partial charge is 0.211 e. The molecule has 0 radical (unpaired) electrons. The van der Waals surface area contributed by atoms with Gasteiger partial charge in [-0.05, 0) is 33.7 Å². The zero-order valence-corrected chi connectivity index (χ0v) is 13.2. The van der Waals surface area contributed by atoms with E-state index in [0.29, 0.717) is 0 Å². The summed E-state index contributed by atoms with van der Waals surface area (Å²) < 4.78 is 0. The molecule has 22 heavy (non-hydrogen) atoms. The van der Waals surface area contributed by atoms with Crippen molar-refractivity contribution >= 4 is 12.2 Å². The van der Waals surface area contributed by atoms with Gasteiger partial charge in [-0.25, -0.2) is 0 Å². The Morgan fingerprint density at radius 1 is 0.955 bits per heavy atom. The van der Waals surface area contributed by atoms with Crippen molar-refractivity contribution in [2.24, 2.45) is 21.7 Å². The largest absolute Gasteiger partial charge is 0.369 e. The van der Waals surface area contributed by atoms with E-state index < -0.39 is 0 Å². The number of hydrogen-bond donors (Lipinski definition) is 2. The molecule has 0 saturated carbocycles. The van der Waals surface area contributed by atoms with Gasteiger partial charge in [0.1, 0.15) is 0 Å². The second kappa shape index (κ2) is 6.43. The number of benzene rings is 2. The van der Waals surface area contributed by atoms with E-state index in [1.165, 1.54) is 11.1 Å². The van der Waals surface area contributed by atoms with E-state index in [2.05, 4.69) is 67.4 Å². The summed E-state index contributed by atoms with van der Waals surface area (Å²) in [6.45, 7) is 6.63. The first-order valence-electron chi connectivity index (χ1n) is 7.19. The fraction of sp³-hybridized carbons (Fsp3) is 0.222. The van der Waals surface area contributed by atoms with Gasteiger partial charge in [0.15, 0.2) is 0 Å². The fourth-order valence-electron chi connectivity index (χ4n) is 2.12. The molecule has 0 saturated heterocycles. The van der Waals surface area contributed by atoms with Crippen LogP contribution in [0.4, 0.5) is 0 Å². The van der Waals surface area contributed by atoms with Crippen molar-refractivity contribution in [1.82, 2.24) is 0 Å². The molecule has 114 valence electrons. The molecule has 2 aromatic rings. The summed E-state index contributed by atoms with van der Waals surface area (Å²) in [5.41, 5.74) is 15.2. The van der Waals surface area contributed by atoms with Crippen LogP contribution in [0.5, 0.6) is 0 Å². The summed E-state index contributed by atoms with van der Waals surface area (Å²) in [5.74, 6) is -0.0508. The quantitative estimate of drug-likeness (QED) is 0.518. The van der Waals surface area contributed by atoms with Gasteiger partial charge in [0.2, 0.25) is 5.96 Å². The van der Waals surface area contributed by atoms with E-state index >= 15 is 0 Å². The molecule has 0 heterocycles. The summed E-state index contributed by atoms with van der Waals surface area (Å²) in [6, 6.07) is 16.7. The standard InChI is InChI=1S/C18H22N4/c1-18(2,3)16-9-7-14(8-10-16)15-6-4-5-13(11-15)12-21-22-17(19)20/h4-12H,1-3H3,(H4,19,20,22). The van der Waals surface area contributed by atoms with Gasteiger partial charge in [-0.15, -0.1) is 5.10 Å². The Balaban J connectivity index is 2.26. The summed E-state index contributed by atoms with van der Waals surface area (Å²) in [4.78, 5) is 0. The monoisotopic (exact) mass is 294 g/mol. The Morgan fingerprint density at radius 2 is 1.64 bits per heavy atom. The normalized spacial score (nSPS) is 11.6. The number of guanidine groups is 1. The number of hydrogen-bond acceptors (Lipinski definition) is 2. The Bertz CT molecular complexity index is 688. The van der Waals surface area contributed by atoms with Crippen LogP contribution in [0.1, 0.15) is 31.9 Å². The second-order valence-corrected chi connectivity index (χ2v) is 6.22. The van der Waals surface area contributed by atoms with Crippen LogP contribution in [0.15, 0.2) is 58.7 Å². The van der Waals surface area contributed by atoms with E-state index in [-0.39, 0.29) is 11.4 Å². The van der Waals surface area contributed by atoms with E-state index in [0.717, 1.165) is 11.1 Å². The highest BCUT2D eigenvalue weighted by atomic mass is 15.3. The molecule has 2 rings (SSSR count). The van der Waals surface area contributed by atoms with Gasteiger partial charge in [-0.3, -0.25) is 0 Å². The van der Waals surface area contributed by atoms with Gasteiger partial charge in [0.05, 0.1) is 6.21 Å². The minimum Gasteiger partial charge on any atom is -0.369 e. The van der Waals surface area contributed by atoms with Gasteiger partial charge in [0, 0.05) is 0 Å². The first-order chi connectivity index (χ1) is 10.4. The molecule has 4 nitrogen and oxygen atoms in total. The van der Waals surface area contributed by atoms with Crippen molar-refractivity contribution in [2.75, 3.05) is 0 Å². The third kappa shape index (κ3) is 4.19. The lowest BCUT2D eigenvalue weighted by atomic mass is 9.86. The highest BCUT2D eigenvalue weighted by Gasteiger charge is 2.12. The van der Waals surface area contributed by atoms with Crippen LogP contribution < -0.4 is 11.5 Å². The lowest BCUT2D eigenvalue weighted by molar-refractivity contribution is 0.590. The third-order valence-corrected chi connectivity index (χ3v) is 3.35. The molecule has 0 unspecified atom stereocenters. The maximum atomic E-state index is 5.24. The van der Waals surface area contributed by atoms with Crippen LogP contribution in [-0.4, -0.2) is 12.2 Å². The van der Waals surface area contributed by atoms with Crippen molar-refractivity contribution in [1.29, 1.82) is 0 Å². The molecule has 0 aliphatic heterocycles. The van der Waals surface area contributed by atoms with Crippen LogP contribution in [0.3, 0.4) is 0 Å². The first-order valence-corrected chi connectivity index (χ1v) is 7.19. The van der Waals surface area contributed by atoms with Gasteiger partial charge < -0.3 is 11.5 Å². The summed E-state index contributed by atoms with van der Waals surface area (Å²) in [5, 5.41) is 7.44. The minimum atomic E-state index is -0.0508. The van der Waals surface area contributed by atoms with Gasteiger partial charge in [-0.1, -0.05) is 63.2 Å². The fourth-order valence-corrected chi connectivity index (χ4v) is 2.12. The zero-order valence-electron chi connectivity index (χ0n) is 13.2. The molecular weight excluding hydrogens is 272 g/mol. The predicted octanol–water partition coefficient (Wildman–Crippen LogP) is 3.26. The predicted molar refractivity (Wildman–Crippen MR) is 94.0 cm³/mol. The molecule has 0 atom stereocenters. The maximum absolute atomic E-state index is 5.24. The van der Waals surface area contributed by atoms with E-state index in [9.17, 15) is 0 Å². The summed E-state index contributed by atoms with van der Waals surface area (Å²) >= 11 is 0. The molecule has 0 fully saturated rings. The molecule has 0 spiro atoms. The molecule has 0 aliphatic carbocycles. The Kier molecular flexibility index (Phi) is 4.61. The molecule has 0 amide bonds. The number of nitrogens with zero attached hydrogens (tertiary/aromatic N) is 2.